The maximum absolute atomic E-state index is 13.0. The quantitative estimate of drug-likeness (QED) is 0.648. The molecule has 1 amide bonds. The third-order valence-corrected chi connectivity index (χ3v) is 4.91. The molecule has 30 heavy (non-hydrogen) atoms. The second kappa shape index (κ2) is 9.36. The lowest BCUT2D eigenvalue weighted by Gasteiger charge is -2.32. The number of likely N-dealkylation sites (tertiary alicyclic amines) is 1. The van der Waals surface area contributed by atoms with Crippen LogP contribution in [0.1, 0.15) is 24.5 Å². The standard InChI is InChI=1S/C21H22FN7O/c22-16-3-5-17(6-4-16)26-20(30)13-29-9-1-2-15(12-29)19-7-8-25-21(28-19)27-18-10-23-14-24-11-18/h3-8,10-11,14-15H,1-2,9,12-13H2,(H,26,30)(H,25,27,28)/t15-/m0/s1. The normalized spacial score (nSPS) is 16.8. The van der Waals surface area contributed by atoms with Gasteiger partial charge in [-0.15, -0.1) is 0 Å². The molecule has 0 aliphatic carbocycles. The summed E-state index contributed by atoms with van der Waals surface area (Å²) in [5.74, 6) is 0.267. The van der Waals surface area contributed by atoms with Gasteiger partial charge in [-0.25, -0.2) is 24.3 Å². The number of hydrogen-bond donors (Lipinski definition) is 2. The van der Waals surface area contributed by atoms with Gasteiger partial charge in [-0.3, -0.25) is 9.69 Å². The van der Waals surface area contributed by atoms with Crippen LogP contribution in [0.15, 0.2) is 55.2 Å². The summed E-state index contributed by atoms with van der Waals surface area (Å²) < 4.78 is 13.0. The van der Waals surface area contributed by atoms with E-state index in [2.05, 4.69) is 35.5 Å². The molecule has 1 saturated heterocycles. The third-order valence-electron chi connectivity index (χ3n) is 4.91. The Morgan fingerprint density at radius 2 is 1.93 bits per heavy atom. The maximum Gasteiger partial charge on any atom is 0.238 e. The van der Waals surface area contributed by atoms with Crippen LogP contribution in [0.3, 0.4) is 0 Å². The summed E-state index contributed by atoms with van der Waals surface area (Å²) in [5, 5.41) is 5.92. The Hall–Kier alpha value is -3.46. The van der Waals surface area contributed by atoms with Crippen LogP contribution in [0.2, 0.25) is 0 Å². The Labute approximate surface area is 173 Å². The maximum atomic E-state index is 13.0. The zero-order valence-electron chi connectivity index (χ0n) is 16.3. The van der Waals surface area contributed by atoms with Gasteiger partial charge in [0.05, 0.1) is 30.3 Å². The molecule has 0 unspecified atom stereocenters. The van der Waals surface area contributed by atoms with E-state index in [4.69, 9.17) is 0 Å². The topological polar surface area (TPSA) is 95.9 Å². The van der Waals surface area contributed by atoms with E-state index in [1.165, 1.54) is 18.5 Å². The average Bonchev–Trinajstić information content (AvgIpc) is 2.76. The number of piperidine rings is 1. The highest BCUT2D eigenvalue weighted by Gasteiger charge is 2.24. The lowest BCUT2D eigenvalue weighted by atomic mass is 9.94. The Bertz CT molecular complexity index is 984. The van der Waals surface area contributed by atoms with Crippen molar-refractivity contribution < 1.29 is 9.18 Å². The second-order valence-corrected chi connectivity index (χ2v) is 7.19. The Kier molecular flexibility index (Phi) is 6.19. The largest absolute Gasteiger partial charge is 0.325 e. The minimum atomic E-state index is -0.328. The molecule has 0 spiro atoms. The van der Waals surface area contributed by atoms with Crippen LogP contribution in [0.4, 0.5) is 21.7 Å². The molecule has 1 fully saturated rings. The lowest BCUT2D eigenvalue weighted by molar-refractivity contribution is -0.117. The predicted octanol–water partition coefficient (Wildman–Crippen LogP) is 2.97. The molecule has 3 aromatic rings. The van der Waals surface area contributed by atoms with Crippen molar-refractivity contribution in [3.05, 3.63) is 66.8 Å². The number of carbonyl (C=O) groups is 1. The minimum Gasteiger partial charge on any atom is -0.325 e. The number of anilines is 3. The Morgan fingerprint density at radius 3 is 2.73 bits per heavy atom. The zero-order valence-corrected chi connectivity index (χ0v) is 16.3. The molecule has 1 aromatic carbocycles. The first kappa shape index (κ1) is 19.8. The fraction of sp³-hybridized carbons (Fsp3) is 0.286. The van der Waals surface area contributed by atoms with Gasteiger partial charge in [0.1, 0.15) is 12.1 Å². The molecule has 4 rings (SSSR count). The van der Waals surface area contributed by atoms with Gasteiger partial charge in [-0.2, -0.15) is 0 Å². The van der Waals surface area contributed by atoms with E-state index in [1.807, 2.05) is 6.07 Å². The lowest BCUT2D eigenvalue weighted by Crippen LogP contribution is -2.40. The van der Waals surface area contributed by atoms with Gasteiger partial charge >= 0.3 is 0 Å². The van der Waals surface area contributed by atoms with Crippen molar-refractivity contribution in [3.8, 4) is 0 Å². The van der Waals surface area contributed by atoms with Crippen molar-refractivity contribution in [2.75, 3.05) is 30.3 Å². The van der Waals surface area contributed by atoms with E-state index < -0.39 is 0 Å². The molecule has 154 valence electrons. The number of aromatic nitrogens is 4. The molecule has 9 heteroatoms. The predicted molar refractivity (Wildman–Crippen MR) is 111 cm³/mol. The monoisotopic (exact) mass is 407 g/mol. The van der Waals surface area contributed by atoms with Crippen LogP contribution in [-0.2, 0) is 4.79 Å². The second-order valence-electron chi connectivity index (χ2n) is 7.19. The number of nitrogens with zero attached hydrogens (tertiary/aromatic N) is 5. The van der Waals surface area contributed by atoms with Crippen LogP contribution in [-0.4, -0.2) is 50.4 Å². The molecule has 2 aromatic heterocycles. The first-order chi connectivity index (χ1) is 14.7. The van der Waals surface area contributed by atoms with Crippen molar-refractivity contribution in [3.63, 3.8) is 0 Å². The summed E-state index contributed by atoms with van der Waals surface area (Å²) in [6.07, 6.45) is 8.49. The molecule has 3 heterocycles. The highest BCUT2D eigenvalue weighted by atomic mass is 19.1. The molecule has 0 radical (unpaired) electrons. The van der Waals surface area contributed by atoms with Crippen molar-refractivity contribution in [1.29, 1.82) is 0 Å². The van der Waals surface area contributed by atoms with Crippen molar-refractivity contribution in [2.24, 2.45) is 0 Å². The molecule has 0 bridgehead atoms. The number of halogens is 1. The summed E-state index contributed by atoms with van der Waals surface area (Å²) in [6.45, 7) is 1.87. The first-order valence-corrected chi connectivity index (χ1v) is 9.78. The van der Waals surface area contributed by atoms with Crippen LogP contribution in [0.25, 0.3) is 0 Å². The summed E-state index contributed by atoms with van der Waals surface area (Å²) in [4.78, 5) is 31.3. The van der Waals surface area contributed by atoms with Crippen LogP contribution in [0.5, 0.6) is 0 Å². The van der Waals surface area contributed by atoms with Gasteiger partial charge in [0.2, 0.25) is 11.9 Å². The van der Waals surface area contributed by atoms with Gasteiger partial charge in [-0.05, 0) is 49.7 Å². The number of nitrogens with one attached hydrogen (secondary N) is 2. The molecular weight excluding hydrogens is 385 g/mol. The molecular formula is C21H22FN7O. The summed E-state index contributed by atoms with van der Waals surface area (Å²) in [5.41, 5.74) is 2.25. The number of rotatable bonds is 6. The van der Waals surface area contributed by atoms with E-state index in [9.17, 15) is 9.18 Å². The summed E-state index contributed by atoms with van der Waals surface area (Å²) >= 11 is 0. The number of amides is 1. The third kappa shape index (κ3) is 5.32. The molecule has 0 saturated carbocycles. The highest BCUT2D eigenvalue weighted by molar-refractivity contribution is 5.92. The molecule has 8 nitrogen and oxygen atoms in total. The van der Waals surface area contributed by atoms with Crippen molar-refractivity contribution >= 4 is 23.2 Å². The molecule has 2 N–H and O–H groups in total. The van der Waals surface area contributed by atoms with E-state index in [0.717, 1.165) is 37.3 Å². The SMILES string of the molecule is O=C(CN1CCC[C@H](c2ccnc(Nc3cncnc3)n2)C1)Nc1ccc(F)cc1. The molecule has 1 aliphatic rings. The minimum absolute atomic E-state index is 0.114. The van der Waals surface area contributed by atoms with Crippen molar-refractivity contribution in [1.82, 2.24) is 24.8 Å². The van der Waals surface area contributed by atoms with Gasteiger partial charge in [0.25, 0.3) is 0 Å². The van der Waals surface area contributed by atoms with Gasteiger partial charge in [0, 0.05) is 24.3 Å². The summed E-state index contributed by atoms with van der Waals surface area (Å²) in [7, 11) is 0. The first-order valence-electron chi connectivity index (χ1n) is 9.78. The van der Waals surface area contributed by atoms with E-state index >= 15 is 0 Å². The molecule has 1 aliphatic heterocycles. The van der Waals surface area contributed by atoms with E-state index in [0.29, 0.717) is 11.6 Å². The Morgan fingerprint density at radius 1 is 1.13 bits per heavy atom. The van der Waals surface area contributed by atoms with E-state index in [-0.39, 0.29) is 24.2 Å². The number of benzene rings is 1. The summed E-state index contributed by atoms with van der Waals surface area (Å²) in [6, 6.07) is 7.68. The van der Waals surface area contributed by atoms with Crippen LogP contribution < -0.4 is 10.6 Å². The van der Waals surface area contributed by atoms with Gasteiger partial charge in [0.15, 0.2) is 0 Å². The smallest absolute Gasteiger partial charge is 0.238 e. The molecule has 1 atom stereocenters. The van der Waals surface area contributed by atoms with Gasteiger partial charge in [-0.1, -0.05) is 0 Å². The highest BCUT2D eigenvalue weighted by Crippen LogP contribution is 2.26. The van der Waals surface area contributed by atoms with E-state index in [1.54, 1.807) is 30.7 Å². The van der Waals surface area contributed by atoms with Crippen LogP contribution in [0, 0.1) is 5.82 Å². The average molecular weight is 407 g/mol. The van der Waals surface area contributed by atoms with Gasteiger partial charge < -0.3 is 10.6 Å². The fourth-order valence-electron chi connectivity index (χ4n) is 3.53. The zero-order chi connectivity index (χ0) is 20.8. The fourth-order valence-corrected chi connectivity index (χ4v) is 3.53. The van der Waals surface area contributed by atoms with Crippen LogP contribution >= 0.6 is 0 Å². The Balaban J connectivity index is 1.36. The number of carbonyl (C=O) groups excluding carboxylic acids is 1. The van der Waals surface area contributed by atoms with Crippen molar-refractivity contribution in [2.45, 2.75) is 18.8 Å². The number of hydrogen-bond acceptors (Lipinski definition) is 7.